The van der Waals surface area contributed by atoms with Crippen molar-refractivity contribution in [2.24, 2.45) is 0 Å². The second kappa shape index (κ2) is 6.00. The van der Waals surface area contributed by atoms with Crippen molar-refractivity contribution in [3.05, 3.63) is 57.5 Å². The molecule has 3 aromatic rings. The minimum absolute atomic E-state index is 0.0297. The average Bonchev–Trinajstić information content (AvgIpc) is 2.84. The van der Waals surface area contributed by atoms with Crippen LogP contribution in [0, 0.1) is 5.82 Å². The smallest absolute Gasteiger partial charge is 0.293 e. The Morgan fingerprint density at radius 3 is 2.24 bits per heavy atom. The number of rotatable bonds is 2. The Kier molecular flexibility index (Phi) is 4.25. The number of Topliss-reactive ketones (excluding diaryl/α,β-unsaturated/α-hetero) is 1. The van der Waals surface area contributed by atoms with Crippen LogP contribution < -0.4 is 0 Å². The second-order valence-electron chi connectivity index (χ2n) is 5.26. The van der Waals surface area contributed by atoms with E-state index in [4.69, 9.17) is 23.2 Å². The summed E-state index contributed by atoms with van der Waals surface area (Å²) in [4.78, 5) is 11.8. The summed E-state index contributed by atoms with van der Waals surface area (Å²) in [5.74, 6) is -1.00. The summed E-state index contributed by atoms with van der Waals surface area (Å²) in [5.41, 5.74) is -0.907. The van der Waals surface area contributed by atoms with E-state index in [1.54, 1.807) is 0 Å². The third-order valence-corrected chi connectivity index (χ3v) is 4.11. The van der Waals surface area contributed by atoms with Gasteiger partial charge in [0.2, 0.25) is 0 Å². The van der Waals surface area contributed by atoms with Gasteiger partial charge < -0.3 is 0 Å². The van der Waals surface area contributed by atoms with Crippen LogP contribution in [0.1, 0.15) is 23.0 Å². The van der Waals surface area contributed by atoms with Crippen molar-refractivity contribution >= 4 is 39.9 Å². The molecule has 0 aliphatic rings. The van der Waals surface area contributed by atoms with E-state index in [1.165, 1.54) is 13.0 Å². The fraction of sp³-hybridized carbons (Fsp3) is 0.125. The summed E-state index contributed by atoms with van der Waals surface area (Å²) in [7, 11) is 0. The van der Waals surface area contributed by atoms with E-state index >= 15 is 0 Å². The van der Waals surface area contributed by atoms with Crippen LogP contribution in [0.25, 0.3) is 16.6 Å². The van der Waals surface area contributed by atoms with Gasteiger partial charge in [-0.25, -0.2) is 9.07 Å². The highest BCUT2D eigenvalue weighted by molar-refractivity contribution is 6.38. The SMILES string of the molecule is CC(=O)c1nn(-c2c(Cl)cc(C(F)(F)F)cc2Cl)c2cc(F)ccc12. The van der Waals surface area contributed by atoms with Gasteiger partial charge in [0, 0.05) is 18.4 Å². The van der Waals surface area contributed by atoms with Crippen LogP contribution in [-0.2, 0) is 6.18 Å². The second-order valence-corrected chi connectivity index (χ2v) is 6.08. The largest absolute Gasteiger partial charge is 0.416 e. The van der Waals surface area contributed by atoms with Crippen molar-refractivity contribution in [2.75, 3.05) is 0 Å². The number of hydrogen-bond acceptors (Lipinski definition) is 2. The Balaban J connectivity index is 2.34. The van der Waals surface area contributed by atoms with Crippen molar-refractivity contribution in [2.45, 2.75) is 13.1 Å². The third-order valence-electron chi connectivity index (χ3n) is 3.53. The molecule has 0 aliphatic carbocycles. The molecule has 0 fully saturated rings. The van der Waals surface area contributed by atoms with Gasteiger partial charge in [0.05, 0.1) is 21.1 Å². The maximum atomic E-state index is 13.6. The van der Waals surface area contributed by atoms with Crippen LogP contribution in [0.3, 0.4) is 0 Å². The topological polar surface area (TPSA) is 34.9 Å². The number of alkyl halides is 3. The molecule has 0 unspecified atom stereocenters. The van der Waals surface area contributed by atoms with Gasteiger partial charge in [-0.3, -0.25) is 4.79 Å². The summed E-state index contributed by atoms with van der Waals surface area (Å²) in [5, 5.41) is 3.74. The molecule has 3 rings (SSSR count). The molecule has 0 saturated carbocycles. The Bertz CT molecular complexity index is 988. The lowest BCUT2D eigenvalue weighted by molar-refractivity contribution is -0.137. The van der Waals surface area contributed by atoms with Gasteiger partial charge in [-0.2, -0.15) is 18.3 Å². The number of carbonyl (C=O) groups excluding carboxylic acids is 1. The number of halogens is 6. The highest BCUT2D eigenvalue weighted by Crippen LogP contribution is 2.38. The molecule has 1 heterocycles. The zero-order valence-corrected chi connectivity index (χ0v) is 14.0. The lowest BCUT2D eigenvalue weighted by atomic mass is 10.1. The van der Waals surface area contributed by atoms with E-state index in [0.717, 1.165) is 16.8 Å². The Morgan fingerprint density at radius 1 is 1.12 bits per heavy atom. The van der Waals surface area contributed by atoms with Crippen LogP contribution in [0.5, 0.6) is 0 Å². The van der Waals surface area contributed by atoms with Crippen molar-refractivity contribution in [3.63, 3.8) is 0 Å². The molecule has 1 aromatic heterocycles. The minimum Gasteiger partial charge on any atom is -0.293 e. The molecule has 3 nitrogen and oxygen atoms in total. The summed E-state index contributed by atoms with van der Waals surface area (Å²) in [6, 6.07) is 5.00. The van der Waals surface area contributed by atoms with E-state index < -0.39 is 23.3 Å². The Morgan fingerprint density at radius 2 is 1.72 bits per heavy atom. The molecular weight excluding hydrogens is 383 g/mol. The van der Waals surface area contributed by atoms with E-state index in [0.29, 0.717) is 17.5 Å². The first kappa shape index (κ1) is 17.7. The number of benzene rings is 2. The Hall–Kier alpha value is -2.12. The van der Waals surface area contributed by atoms with Crippen LogP contribution >= 0.6 is 23.2 Å². The van der Waals surface area contributed by atoms with Gasteiger partial charge >= 0.3 is 6.18 Å². The van der Waals surface area contributed by atoms with E-state index in [1.807, 2.05) is 0 Å². The zero-order chi connectivity index (χ0) is 18.5. The first-order valence-electron chi connectivity index (χ1n) is 6.85. The van der Waals surface area contributed by atoms with E-state index in [2.05, 4.69) is 5.10 Å². The molecule has 0 bridgehead atoms. The van der Waals surface area contributed by atoms with Crippen molar-refractivity contribution in [1.29, 1.82) is 0 Å². The number of hydrogen-bond donors (Lipinski definition) is 0. The standard InChI is InChI=1S/C16H8Cl2F4N2O/c1-7(25)14-10-3-2-9(19)6-13(10)24(23-14)15-11(17)4-8(5-12(15)18)16(20,21)22/h2-6H,1H3. The molecule has 9 heteroatoms. The molecule has 130 valence electrons. The summed E-state index contributed by atoms with van der Waals surface area (Å²) >= 11 is 12.0. The Labute approximate surface area is 148 Å². The minimum atomic E-state index is -4.63. The lowest BCUT2D eigenvalue weighted by Crippen LogP contribution is -2.07. The van der Waals surface area contributed by atoms with Gasteiger partial charge in [-0.05, 0) is 24.3 Å². The first-order valence-corrected chi connectivity index (χ1v) is 7.61. The quantitative estimate of drug-likeness (QED) is 0.415. The number of ketones is 1. The van der Waals surface area contributed by atoms with Crippen LogP contribution in [-0.4, -0.2) is 15.6 Å². The normalized spacial score (nSPS) is 12.0. The predicted octanol–water partition coefficient (Wildman–Crippen LogP) is 5.69. The predicted molar refractivity (Wildman–Crippen MR) is 86.1 cm³/mol. The highest BCUT2D eigenvalue weighted by Gasteiger charge is 2.32. The number of carbonyl (C=O) groups is 1. The van der Waals surface area contributed by atoms with E-state index in [9.17, 15) is 22.4 Å². The average molecular weight is 391 g/mol. The summed E-state index contributed by atoms with van der Waals surface area (Å²) in [6.45, 7) is 1.27. The summed E-state index contributed by atoms with van der Waals surface area (Å²) in [6.07, 6.45) is -4.63. The van der Waals surface area contributed by atoms with Crippen molar-refractivity contribution in [3.8, 4) is 5.69 Å². The lowest BCUT2D eigenvalue weighted by Gasteiger charge is -2.13. The molecule has 0 radical (unpaired) electrons. The fourth-order valence-corrected chi connectivity index (χ4v) is 3.10. The van der Waals surface area contributed by atoms with Gasteiger partial charge in [0.15, 0.2) is 5.78 Å². The number of fused-ring (bicyclic) bond motifs is 1. The summed E-state index contributed by atoms with van der Waals surface area (Å²) < 4.78 is 53.3. The monoisotopic (exact) mass is 390 g/mol. The van der Waals surface area contributed by atoms with Crippen molar-refractivity contribution in [1.82, 2.24) is 9.78 Å². The van der Waals surface area contributed by atoms with Crippen LogP contribution in [0.2, 0.25) is 10.0 Å². The number of aromatic nitrogens is 2. The van der Waals surface area contributed by atoms with Crippen LogP contribution in [0.4, 0.5) is 17.6 Å². The fourth-order valence-electron chi connectivity index (χ4n) is 2.45. The zero-order valence-electron chi connectivity index (χ0n) is 12.5. The third kappa shape index (κ3) is 3.09. The van der Waals surface area contributed by atoms with Gasteiger partial charge in [-0.1, -0.05) is 23.2 Å². The molecule has 0 spiro atoms. The molecule has 0 atom stereocenters. The maximum absolute atomic E-state index is 13.6. The first-order chi connectivity index (χ1) is 11.6. The molecule has 0 saturated heterocycles. The molecule has 0 N–H and O–H groups in total. The van der Waals surface area contributed by atoms with Gasteiger partial charge in [-0.15, -0.1) is 0 Å². The maximum Gasteiger partial charge on any atom is 0.416 e. The number of nitrogens with zero attached hydrogens (tertiary/aromatic N) is 2. The highest BCUT2D eigenvalue weighted by atomic mass is 35.5. The molecule has 0 aliphatic heterocycles. The van der Waals surface area contributed by atoms with Crippen molar-refractivity contribution < 1.29 is 22.4 Å². The van der Waals surface area contributed by atoms with Crippen LogP contribution in [0.15, 0.2) is 30.3 Å². The van der Waals surface area contributed by atoms with Gasteiger partial charge in [0.25, 0.3) is 0 Å². The van der Waals surface area contributed by atoms with E-state index in [-0.39, 0.29) is 26.9 Å². The molecular formula is C16H8Cl2F4N2O. The van der Waals surface area contributed by atoms with Gasteiger partial charge in [0.1, 0.15) is 17.2 Å². The molecule has 0 amide bonds. The molecule has 25 heavy (non-hydrogen) atoms. The molecule has 2 aromatic carbocycles.